The molecule has 0 aromatic heterocycles. The van der Waals surface area contributed by atoms with E-state index in [4.69, 9.17) is 0 Å². The third-order valence-corrected chi connectivity index (χ3v) is 3.03. The van der Waals surface area contributed by atoms with E-state index in [2.05, 4.69) is 10.1 Å². The summed E-state index contributed by atoms with van der Waals surface area (Å²) >= 11 is 0. The summed E-state index contributed by atoms with van der Waals surface area (Å²) in [5.41, 5.74) is 2.34. The lowest BCUT2D eigenvalue weighted by atomic mass is 10.1. The number of rotatable bonds is 5. The van der Waals surface area contributed by atoms with E-state index in [9.17, 15) is 9.90 Å². The van der Waals surface area contributed by atoms with Crippen molar-refractivity contribution < 1.29 is 14.6 Å². The Hall–Kier alpha value is -2.33. The van der Waals surface area contributed by atoms with E-state index in [0.717, 1.165) is 11.3 Å². The predicted octanol–water partition coefficient (Wildman–Crippen LogP) is 2.62. The average Bonchev–Trinajstić information content (AvgIpc) is 2.53. The van der Waals surface area contributed by atoms with Crippen LogP contribution in [0.5, 0.6) is 0 Å². The molecular formula is C16H17NO3. The number of ether oxygens (including phenoxy) is 1. The number of hydrogen-bond donors (Lipinski definition) is 2. The molecule has 2 rings (SSSR count). The predicted molar refractivity (Wildman–Crippen MR) is 77.7 cm³/mol. The van der Waals surface area contributed by atoms with Gasteiger partial charge in [-0.1, -0.05) is 30.3 Å². The van der Waals surface area contributed by atoms with Crippen LogP contribution >= 0.6 is 0 Å². The molecule has 0 amide bonds. The van der Waals surface area contributed by atoms with Crippen LogP contribution in [0, 0.1) is 0 Å². The lowest BCUT2D eigenvalue weighted by molar-refractivity contribution is 0.0601. The Balaban J connectivity index is 2.10. The molecule has 0 aliphatic carbocycles. The highest BCUT2D eigenvalue weighted by atomic mass is 16.5. The van der Waals surface area contributed by atoms with E-state index in [1.165, 1.54) is 7.11 Å². The van der Waals surface area contributed by atoms with Crippen LogP contribution in [0.1, 0.15) is 22.0 Å². The summed E-state index contributed by atoms with van der Waals surface area (Å²) in [5, 5.41) is 12.7. The van der Waals surface area contributed by atoms with Gasteiger partial charge in [-0.25, -0.2) is 4.79 Å². The van der Waals surface area contributed by atoms with E-state index in [0.29, 0.717) is 5.56 Å². The Morgan fingerprint density at radius 1 is 1.15 bits per heavy atom. The second-order valence-electron chi connectivity index (χ2n) is 4.36. The summed E-state index contributed by atoms with van der Waals surface area (Å²) in [4.78, 5) is 11.3. The number of hydrogen-bond acceptors (Lipinski definition) is 4. The zero-order valence-electron chi connectivity index (χ0n) is 11.2. The summed E-state index contributed by atoms with van der Waals surface area (Å²) in [6, 6.07) is 16.5. The van der Waals surface area contributed by atoms with E-state index in [-0.39, 0.29) is 18.6 Å². The second kappa shape index (κ2) is 6.73. The van der Waals surface area contributed by atoms with Gasteiger partial charge in [0.15, 0.2) is 0 Å². The van der Waals surface area contributed by atoms with Gasteiger partial charge in [-0.3, -0.25) is 0 Å². The van der Waals surface area contributed by atoms with Crippen LogP contribution in [-0.4, -0.2) is 24.8 Å². The molecular weight excluding hydrogens is 254 g/mol. The molecule has 0 heterocycles. The maximum atomic E-state index is 11.3. The lowest BCUT2D eigenvalue weighted by Crippen LogP contribution is -2.14. The largest absolute Gasteiger partial charge is 0.465 e. The summed E-state index contributed by atoms with van der Waals surface area (Å²) in [7, 11) is 1.35. The van der Waals surface area contributed by atoms with Gasteiger partial charge < -0.3 is 15.2 Å². The number of carbonyl (C=O) groups is 1. The van der Waals surface area contributed by atoms with E-state index in [1.807, 2.05) is 30.3 Å². The maximum absolute atomic E-state index is 11.3. The minimum atomic E-state index is -0.363. The normalized spacial score (nSPS) is 11.7. The molecule has 104 valence electrons. The molecule has 4 nitrogen and oxygen atoms in total. The van der Waals surface area contributed by atoms with Gasteiger partial charge in [-0.2, -0.15) is 0 Å². The van der Waals surface area contributed by atoms with Gasteiger partial charge in [-0.15, -0.1) is 0 Å². The Bertz CT molecular complexity index is 552. The van der Waals surface area contributed by atoms with Gasteiger partial charge in [0.2, 0.25) is 0 Å². The number of methoxy groups -OCH3 is 1. The first kappa shape index (κ1) is 14.1. The van der Waals surface area contributed by atoms with E-state index in [1.54, 1.807) is 24.3 Å². The average molecular weight is 271 g/mol. The molecule has 4 heteroatoms. The monoisotopic (exact) mass is 271 g/mol. The standard InChI is InChI=1S/C16H17NO3/c1-20-16(19)13-7-9-14(10-8-13)17-15(11-18)12-5-3-2-4-6-12/h2-10,15,17-18H,11H2,1H3. The highest BCUT2D eigenvalue weighted by molar-refractivity contribution is 5.89. The fourth-order valence-electron chi connectivity index (χ4n) is 1.94. The number of aliphatic hydroxyl groups is 1. The van der Waals surface area contributed by atoms with Crippen LogP contribution < -0.4 is 5.32 Å². The number of nitrogens with one attached hydrogen (secondary N) is 1. The first-order valence-corrected chi connectivity index (χ1v) is 6.35. The van der Waals surface area contributed by atoms with Gasteiger partial charge in [0.05, 0.1) is 25.3 Å². The molecule has 0 aliphatic heterocycles. The topological polar surface area (TPSA) is 58.6 Å². The fraction of sp³-hybridized carbons (Fsp3) is 0.188. The van der Waals surface area contributed by atoms with Crippen LogP contribution in [0.3, 0.4) is 0 Å². The number of esters is 1. The van der Waals surface area contributed by atoms with Crippen molar-refractivity contribution in [2.45, 2.75) is 6.04 Å². The molecule has 2 aromatic carbocycles. The van der Waals surface area contributed by atoms with Crippen molar-refractivity contribution >= 4 is 11.7 Å². The van der Waals surface area contributed by atoms with Crippen LogP contribution in [0.2, 0.25) is 0 Å². The lowest BCUT2D eigenvalue weighted by Gasteiger charge is -2.18. The molecule has 2 aromatic rings. The SMILES string of the molecule is COC(=O)c1ccc(NC(CO)c2ccccc2)cc1. The molecule has 20 heavy (non-hydrogen) atoms. The van der Waals surface area contributed by atoms with E-state index >= 15 is 0 Å². The minimum absolute atomic E-state index is 0.0111. The number of aliphatic hydroxyl groups excluding tert-OH is 1. The van der Waals surface area contributed by atoms with Crippen molar-refractivity contribution in [2.75, 3.05) is 19.0 Å². The number of carbonyl (C=O) groups excluding carboxylic acids is 1. The third-order valence-electron chi connectivity index (χ3n) is 3.03. The van der Waals surface area contributed by atoms with Gasteiger partial charge in [0, 0.05) is 5.69 Å². The molecule has 0 fully saturated rings. The van der Waals surface area contributed by atoms with Gasteiger partial charge in [0.25, 0.3) is 0 Å². The van der Waals surface area contributed by atoms with Crippen LogP contribution in [0.4, 0.5) is 5.69 Å². The molecule has 0 aliphatic rings. The Kier molecular flexibility index (Phi) is 4.74. The Morgan fingerprint density at radius 3 is 2.35 bits per heavy atom. The van der Waals surface area contributed by atoms with Gasteiger partial charge in [0.1, 0.15) is 0 Å². The van der Waals surface area contributed by atoms with Crippen LogP contribution in [0.15, 0.2) is 54.6 Å². The van der Waals surface area contributed by atoms with Crippen molar-refractivity contribution in [2.24, 2.45) is 0 Å². The van der Waals surface area contributed by atoms with Gasteiger partial charge >= 0.3 is 5.97 Å². The molecule has 0 bridgehead atoms. The van der Waals surface area contributed by atoms with Crippen molar-refractivity contribution in [3.05, 3.63) is 65.7 Å². The second-order valence-corrected chi connectivity index (χ2v) is 4.36. The highest BCUT2D eigenvalue weighted by Gasteiger charge is 2.10. The first-order valence-electron chi connectivity index (χ1n) is 6.35. The van der Waals surface area contributed by atoms with Crippen molar-refractivity contribution in [1.82, 2.24) is 0 Å². The maximum Gasteiger partial charge on any atom is 0.337 e. The summed E-state index contributed by atoms with van der Waals surface area (Å²) in [5.74, 6) is -0.363. The van der Waals surface area contributed by atoms with Crippen LogP contribution in [-0.2, 0) is 4.74 Å². The Morgan fingerprint density at radius 2 is 1.80 bits per heavy atom. The van der Waals surface area contributed by atoms with Crippen LogP contribution in [0.25, 0.3) is 0 Å². The smallest absolute Gasteiger partial charge is 0.337 e. The third kappa shape index (κ3) is 3.36. The zero-order chi connectivity index (χ0) is 14.4. The van der Waals surface area contributed by atoms with Crippen molar-refractivity contribution in [1.29, 1.82) is 0 Å². The molecule has 1 unspecified atom stereocenters. The van der Waals surface area contributed by atoms with Crippen molar-refractivity contribution in [3.63, 3.8) is 0 Å². The molecule has 2 N–H and O–H groups in total. The van der Waals surface area contributed by atoms with E-state index < -0.39 is 0 Å². The zero-order valence-corrected chi connectivity index (χ0v) is 11.2. The summed E-state index contributed by atoms with van der Waals surface area (Å²) < 4.78 is 4.65. The van der Waals surface area contributed by atoms with Crippen molar-refractivity contribution in [3.8, 4) is 0 Å². The molecule has 0 saturated carbocycles. The quantitative estimate of drug-likeness (QED) is 0.821. The first-order chi connectivity index (χ1) is 9.74. The fourth-order valence-corrected chi connectivity index (χ4v) is 1.94. The minimum Gasteiger partial charge on any atom is -0.465 e. The molecule has 0 spiro atoms. The number of benzene rings is 2. The van der Waals surface area contributed by atoms with Gasteiger partial charge in [-0.05, 0) is 29.8 Å². The number of anilines is 1. The summed E-state index contributed by atoms with van der Waals surface area (Å²) in [6.07, 6.45) is 0. The molecule has 0 saturated heterocycles. The Labute approximate surface area is 118 Å². The highest BCUT2D eigenvalue weighted by Crippen LogP contribution is 2.19. The molecule has 0 radical (unpaired) electrons. The molecule has 1 atom stereocenters. The summed E-state index contributed by atoms with van der Waals surface area (Å²) in [6.45, 7) is -0.0111.